The molecule has 0 aliphatic carbocycles. The lowest BCUT2D eigenvalue weighted by atomic mass is 10.2. The second-order valence-electron chi connectivity index (χ2n) is 4.12. The Bertz CT molecular complexity index is 606. The molecule has 2 aromatic rings. The number of aromatic nitrogens is 1. The summed E-state index contributed by atoms with van der Waals surface area (Å²) in [7, 11) is 1.90. The van der Waals surface area contributed by atoms with E-state index in [0.29, 0.717) is 23.9 Å². The third kappa shape index (κ3) is 6.35. The van der Waals surface area contributed by atoms with Crippen molar-refractivity contribution >= 4 is 35.5 Å². The molecule has 0 fully saturated rings. The van der Waals surface area contributed by atoms with E-state index in [2.05, 4.69) is 28.5 Å². The molecular weight excluding hydrogens is 336 g/mol. The maximum Gasteiger partial charge on any atom is 0.221 e. The molecule has 4 N–H and O–H groups in total. The Morgan fingerprint density at radius 2 is 2.17 bits per heavy atom. The van der Waals surface area contributed by atoms with Gasteiger partial charge >= 0.3 is 0 Å². The minimum Gasteiger partial charge on any atom is -0.473 e. The van der Waals surface area contributed by atoms with Gasteiger partial charge in [0.15, 0.2) is 0 Å². The Labute approximate surface area is 144 Å². The lowest BCUT2D eigenvalue weighted by molar-refractivity contribution is -0.109. The van der Waals surface area contributed by atoms with Crippen LogP contribution in [0.5, 0.6) is 5.88 Å². The second-order valence-corrected chi connectivity index (χ2v) is 5.41. The van der Waals surface area contributed by atoms with E-state index < -0.39 is 0 Å². The lowest BCUT2D eigenvalue weighted by Crippen LogP contribution is -2.18. The number of rotatable bonds is 6. The van der Waals surface area contributed by atoms with Gasteiger partial charge in [0.2, 0.25) is 12.3 Å². The van der Waals surface area contributed by atoms with Crippen LogP contribution in [0.2, 0.25) is 5.02 Å². The van der Waals surface area contributed by atoms with E-state index in [1.54, 1.807) is 35.5 Å². The van der Waals surface area contributed by atoms with Gasteiger partial charge in [0.25, 0.3) is 0 Å². The molecule has 0 unspecified atom stereocenters. The average molecular weight is 355 g/mol. The summed E-state index contributed by atoms with van der Waals surface area (Å²) in [6.45, 7) is 0.459. The summed E-state index contributed by atoms with van der Waals surface area (Å²) in [6, 6.07) is 9.57. The number of amides is 1. The highest BCUT2D eigenvalue weighted by Gasteiger charge is 2.08. The quantitative estimate of drug-likeness (QED) is 0.243. The van der Waals surface area contributed by atoms with Crippen molar-refractivity contribution in [2.45, 2.75) is 11.5 Å². The molecule has 0 saturated heterocycles. The highest BCUT2D eigenvalue weighted by molar-refractivity contribution is 7.98. The summed E-state index contributed by atoms with van der Waals surface area (Å²) < 4.78 is 5.71. The first kappa shape index (κ1) is 19.1. The summed E-state index contributed by atoms with van der Waals surface area (Å²) in [5, 5.41) is 3.80. The van der Waals surface area contributed by atoms with Crippen LogP contribution in [0.15, 0.2) is 41.4 Å². The van der Waals surface area contributed by atoms with Crippen molar-refractivity contribution in [2.75, 3.05) is 18.6 Å². The zero-order valence-corrected chi connectivity index (χ0v) is 14.4. The molecule has 2 rings (SSSR count). The molecular formula is C15H19ClN4O2S. The Balaban J connectivity index is 0.000000593. The molecule has 23 heavy (non-hydrogen) atoms. The first-order valence-corrected chi connectivity index (χ1v) is 8.24. The van der Waals surface area contributed by atoms with Gasteiger partial charge < -0.3 is 10.1 Å². The molecule has 1 heterocycles. The predicted molar refractivity (Wildman–Crippen MR) is 94.7 cm³/mol. The Hall–Kier alpha value is -1.96. The molecule has 6 nitrogen and oxygen atoms in total. The van der Waals surface area contributed by atoms with Crippen LogP contribution >= 0.6 is 23.4 Å². The number of anilines is 1. The summed E-state index contributed by atoms with van der Waals surface area (Å²) in [4.78, 5) is 14.3. The van der Waals surface area contributed by atoms with Gasteiger partial charge in [-0.25, -0.2) is 10.8 Å². The largest absolute Gasteiger partial charge is 0.473 e. The van der Waals surface area contributed by atoms with E-state index in [9.17, 15) is 0 Å². The first-order chi connectivity index (χ1) is 11.2. The van der Waals surface area contributed by atoms with Gasteiger partial charge in [-0.2, -0.15) is 0 Å². The lowest BCUT2D eigenvalue weighted by Gasteiger charge is -2.13. The van der Waals surface area contributed by atoms with E-state index >= 15 is 0 Å². The predicted octanol–water partition coefficient (Wildman–Crippen LogP) is 2.68. The zero-order valence-electron chi connectivity index (χ0n) is 12.9. The normalized spacial score (nSPS) is 9.39. The number of pyridine rings is 1. The van der Waals surface area contributed by atoms with Crippen molar-refractivity contribution in [3.05, 3.63) is 47.1 Å². The fraction of sp³-hybridized carbons (Fsp3) is 0.200. The van der Waals surface area contributed by atoms with E-state index in [4.69, 9.17) is 21.1 Å². The van der Waals surface area contributed by atoms with Gasteiger partial charge in [-0.3, -0.25) is 10.2 Å². The van der Waals surface area contributed by atoms with Crippen molar-refractivity contribution in [2.24, 2.45) is 5.84 Å². The standard InChI is InChI=1S/C14H15ClN2OS.CH4N2O/c1-16-12-4-3-5-13(19-2)11(12)9-18-14-8-10(15)6-7-17-14;2-3-1-4/h3-8,16H,9H2,1-2H3;1H,2H2,(H,3,4). The van der Waals surface area contributed by atoms with Crippen molar-refractivity contribution < 1.29 is 9.53 Å². The van der Waals surface area contributed by atoms with E-state index in [1.165, 1.54) is 4.90 Å². The number of halogens is 1. The van der Waals surface area contributed by atoms with Gasteiger partial charge in [0.05, 0.1) is 0 Å². The van der Waals surface area contributed by atoms with Gasteiger partial charge in [0, 0.05) is 40.5 Å². The molecule has 0 saturated carbocycles. The molecule has 0 radical (unpaired) electrons. The topological polar surface area (TPSA) is 89.3 Å². The SMILES string of the molecule is CNc1cccc(SC)c1COc1cc(Cl)ccn1.NNC=O. The van der Waals surface area contributed by atoms with Crippen molar-refractivity contribution in [1.29, 1.82) is 0 Å². The van der Waals surface area contributed by atoms with Crippen LogP contribution < -0.4 is 21.3 Å². The number of ether oxygens (including phenoxy) is 1. The number of carbonyl (C=O) groups is 1. The Kier molecular flexibility index (Phi) is 8.89. The molecule has 1 aromatic carbocycles. The van der Waals surface area contributed by atoms with Crippen LogP contribution in [0.25, 0.3) is 0 Å². The van der Waals surface area contributed by atoms with E-state index in [1.807, 2.05) is 19.2 Å². The first-order valence-electron chi connectivity index (χ1n) is 6.64. The highest BCUT2D eigenvalue weighted by Crippen LogP contribution is 2.28. The number of nitrogens with two attached hydrogens (primary N) is 1. The molecule has 0 aliphatic heterocycles. The summed E-state index contributed by atoms with van der Waals surface area (Å²) in [5.74, 6) is 4.94. The molecule has 8 heteroatoms. The molecule has 0 atom stereocenters. The fourth-order valence-corrected chi connectivity index (χ4v) is 2.53. The van der Waals surface area contributed by atoms with Crippen LogP contribution in [-0.4, -0.2) is 24.7 Å². The van der Waals surface area contributed by atoms with Crippen LogP contribution in [0, 0.1) is 0 Å². The fourth-order valence-electron chi connectivity index (χ4n) is 1.75. The Morgan fingerprint density at radius 1 is 1.43 bits per heavy atom. The monoisotopic (exact) mass is 354 g/mol. The Morgan fingerprint density at radius 3 is 2.74 bits per heavy atom. The molecule has 0 aliphatic rings. The number of nitrogens with zero attached hydrogens (tertiary/aromatic N) is 1. The third-order valence-electron chi connectivity index (χ3n) is 2.75. The minimum atomic E-state index is 0.403. The van der Waals surface area contributed by atoms with Gasteiger partial charge in [0.1, 0.15) is 6.61 Å². The summed E-state index contributed by atoms with van der Waals surface area (Å²) in [5.41, 5.74) is 3.94. The highest BCUT2D eigenvalue weighted by atomic mass is 35.5. The van der Waals surface area contributed by atoms with Crippen LogP contribution in [0.3, 0.4) is 0 Å². The number of carbonyl (C=O) groups excluding carboxylic acids is 1. The summed E-state index contributed by atoms with van der Waals surface area (Å²) >= 11 is 7.60. The van der Waals surface area contributed by atoms with Crippen LogP contribution in [0.4, 0.5) is 5.69 Å². The zero-order chi connectivity index (χ0) is 17.1. The second kappa shape index (κ2) is 10.7. The van der Waals surface area contributed by atoms with Crippen molar-refractivity contribution in [3.63, 3.8) is 0 Å². The molecule has 1 amide bonds. The van der Waals surface area contributed by atoms with Crippen LogP contribution in [0.1, 0.15) is 5.56 Å². The van der Waals surface area contributed by atoms with Crippen molar-refractivity contribution in [3.8, 4) is 5.88 Å². The van der Waals surface area contributed by atoms with Gasteiger partial charge in [-0.15, -0.1) is 11.8 Å². The molecule has 0 spiro atoms. The molecule has 0 bridgehead atoms. The number of hydrazine groups is 1. The number of benzene rings is 1. The smallest absolute Gasteiger partial charge is 0.221 e. The average Bonchev–Trinajstić information content (AvgIpc) is 2.59. The van der Waals surface area contributed by atoms with Gasteiger partial charge in [-0.05, 0) is 24.5 Å². The maximum atomic E-state index is 8.94. The molecule has 124 valence electrons. The number of thioether (sulfide) groups is 1. The van der Waals surface area contributed by atoms with Crippen LogP contribution in [-0.2, 0) is 11.4 Å². The molecule has 1 aromatic heterocycles. The third-order valence-corrected chi connectivity index (χ3v) is 3.81. The number of hydrogen-bond acceptors (Lipinski definition) is 6. The number of nitrogens with one attached hydrogen (secondary N) is 2. The van der Waals surface area contributed by atoms with Crippen molar-refractivity contribution in [1.82, 2.24) is 10.4 Å². The van der Waals surface area contributed by atoms with E-state index in [0.717, 1.165) is 11.3 Å². The van der Waals surface area contributed by atoms with Gasteiger partial charge in [-0.1, -0.05) is 17.7 Å². The summed E-state index contributed by atoms with van der Waals surface area (Å²) in [6.07, 6.45) is 4.09. The minimum absolute atomic E-state index is 0.403. The number of hydrogen-bond donors (Lipinski definition) is 3. The maximum absolute atomic E-state index is 8.94. The van der Waals surface area contributed by atoms with E-state index in [-0.39, 0.29) is 0 Å².